The zero-order valence-electron chi connectivity index (χ0n) is 7.63. The van der Waals surface area contributed by atoms with Crippen LogP contribution in [-0.2, 0) is 4.79 Å². The smallest absolute Gasteiger partial charge is 0.236 e. The number of carbonyl (C=O) groups excluding carboxylic acids is 1. The molecule has 0 aliphatic carbocycles. The lowest BCUT2D eigenvalue weighted by atomic mass is 10.1. The molecule has 0 aromatic heterocycles. The number of hydrogen-bond acceptors (Lipinski definition) is 3. The quantitative estimate of drug-likeness (QED) is 0.611. The summed E-state index contributed by atoms with van der Waals surface area (Å²) in [6, 6.07) is 0. The first-order valence-corrected chi connectivity index (χ1v) is 4.25. The second-order valence-electron chi connectivity index (χ2n) is 3.80. The summed E-state index contributed by atoms with van der Waals surface area (Å²) >= 11 is 0. The van der Waals surface area contributed by atoms with Crippen molar-refractivity contribution in [1.29, 1.82) is 0 Å². The molecule has 1 saturated heterocycles. The molecule has 1 rings (SSSR count). The van der Waals surface area contributed by atoms with Gasteiger partial charge in [-0.3, -0.25) is 9.80 Å². The average Bonchev–Trinajstić information content (AvgIpc) is 1.91. The van der Waals surface area contributed by atoms with Gasteiger partial charge in [-0.15, -0.1) is 0 Å². The molecule has 1 aliphatic heterocycles. The lowest BCUT2D eigenvalue weighted by Crippen LogP contribution is -2.52. The first kappa shape index (κ1) is 9.48. The number of nitrogens with zero attached hydrogens (tertiary/aromatic N) is 1. The van der Waals surface area contributed by atoms with Crippen molar-refractivity contribution in [2.75, 3.05) is 13.1 Å². The molecule has 0 unspecified atom stereocenters. The van der Waals surface area contributed by atoms with Crippen molar-refractivity contribution in [3.8, 4) is 0 Å². The molecule has 70 valence electrons. The van der Waals surface area contributed by atoms with Crippen LogP contribution < -0.4 is 5.43 Å². The van der Waals surface area contributed by atoms with E-state index in [9.17, 15) is 9.90 Å². The highest BCUT2D eigenvalue weighted by Crippen LogP contribution is 2.08. The summed E-state index contributed by atoms with van der Waals surface area (Å²) in [5.74, 6) is 0.0726. The topological polar surface area (TPSA) is 52.6 Å². The van der Waals surface area contributed by atoms with E-state index in [1.165, 1.54) is 5.01 Å². The summed E-state index contributed by atoms with van der Waals surface area (Å²) in [4.78, 5) is 11.2. The minimum Gasteiger partial charge on any atom is -0.389 e. The van der Waals surface area contributed by atoms with Crippen LogP contribution in [0.3, 0.4) is 0 Å². The van der Waals surface area contributed by atoms with Crippen molar-refractivity contribution in [3.05, 3.63) is 0 Å². The second kappa shape index (κ2) is 3.41. The number of rotatable bonds is 2. The summed E-state index contributed by atoms with van der Waals surface area (Å²) < 4.78 is 0. The average molecular weight is 172 g/mol. The highest BCUT2D eigenvalue weighted by molar-refractivity contribution is 5.76. The van der Waals surface area contributed by atoms with Crippen molar-refractivity contribution in [2.45, 2.75) is 32.3 Å². The van der Waals surface area contributed by atoms with E-state index in [0.29, 0.717) is 13.0 Å². The van der Waals surface area contributed by atoms with Crippen LogP contribution in [-0.4, -0.2) is 34.7 Å². The molecule has 4 heteroatoms. The van der Waals surface area contributed by atoms with E-state index in [-0.39, 0.29) is 5.91 Å². The first-order valence-electron chi connectivity index (χ1n) is 4.25. The lowest BCUT2D eigenvalue weighted by molar-refractivity contribution is -0.140. The van der Waals surface area contributed by atoms with Crippen LogP contribution in [0.4, 0.5) is 0 Å². The Kier molecular flexibility index (Phi) is 2.69. The molecule has 0 aromatic rings. The van der Waals surface area contributed by atoms with Gasteiger partial charge in [-0.2, -0.15) is 0 Å². The van der Waals surface area contributed by atoms with Gasteiger partial charge in [0.2, 0.25) is 5.91 Å². The molecule has 0 aromatic carbocycles. The van der Waals surface area contributed by atoms with Gasteiger partial charge in [0.1, 0.15) is 0 Å². The number of nitrogens with one attached hydrogen (secondary N) is 1. The van der Waals surface area contributed by atoms with Crippen molar-refractivity contribution in [1.82, 2.24) is 10.4 Å². The summed E-state index contributed by atoms with van der Waals surface area (Å²) in [6.07, 6.45) is 1.48. The van der Waals surface area contributed by atoms with Gasteiger partial charge in [0.25, 0.3) is 0 Å². The number of hydrogen-bond donors (Lipinski definition) is 2. The van der Waals surface area contributed by atoms with E-state index < -0.39 is 5.60 Å². The zero-order chi connectivity index (χ0) is 9.19. The van der Waals surface area contributed by atoms with E-state index in [1.807, 2.05) is 0 Å². The number of aliphatic hydroxyl groups is 1. The molecule has 2 N–H and O–H groups in total. The highest BCUT2D eigenvalue weighted by atomic mass is 16.3. The molecule has 1 fully saturated rings. The Bertz CT molecular complexity index is 174. The monoisotopic (exact) mass is 172 g/mol. The fourth-order valence-corrected chi connectivity index (χ4v) is 1.21. The summed E-state index contributed by atoms with van der Waals surface area (Å²) in [5, 5.41) is 11.0. The van der Waals surface area contributed by atoms with Crippen LogP contribution in [0.5, 0.6) is 0 Å². The third kappa shape index (κ3) is 2.79. The van der Waals surface area contributed by atoms with Gasteiger partial charge >= 0.3 is 0 Å². The van der Waals surface area contributed by atoms with Gasteiger partial charge in [0.05, 0.1) is 12.1 Å². The minimum absolute atomic E-state index is 0.0726. The van der Waals surface area contributed by atoms with Gasteiger partial charge < -0.3 is 5.11 Å². The molecular formula is C8H16N2O2. The Hall–Kier alpha value is -0.610. The Morgan fingerprint density at radius 2 is 2.33 bits per heavy atom. The van der Waals surface area contributed by atoms with E-state index in [4.69, 9.17) is 0 Å². The Balaban J connectivity index is 2.45. The van der Waals surface area contributed by atoms with E-state index >= 15 is 0 Å². The largest absolute Gasteiger partial charge is 0.389 e. The Labute approximate surface area is 72.5 Å². The molecule has 0 spiro atoms. The van der Waals surface area contributed by atoms with Crippen LogP contribution >= 0.6 is 0 Å². The molecule has 0 radical (unpaired) electrons. The zero-order valence-corrected chi connectivity index (χ0v) is 7.63. The summed E-state index contributed by atoms with van der Waals surface area (Å²) in [7, 11) is 0. The fourth-order valence-electron chi connectivity index (χ4n) is 1.21. The molecule has 1 aliphatic rings. The van der Waals surface area contributed by atoms with E-state index in [1.54, 1.807) is 13.8 Å². The van der Waals surface area contributed by atoms with E-state index in [2.05, 4.69) is 5.43 Å². The third-order valence-corrected chi connectivity index (χ3v) is 1.72. The Morgan fingerprint density at radius 3 is 2.83 bits per heavy atom. The normalized spacial score (nSPS) is 19.9. The van der Waals surface area contributed by atoms with Gasteiger partial charge in [-0.1, -0.05) is 0 Å². The van der Waals surface area contributed by atoms with Gasteiger partial charge in [0.15, 0.2) is 0 Å². The molecule has 0 atom stereocenters. The molecule has 12 heavy (non-hydrogen) atoms. The Morgan fingerprint density at radius 1 is 1.67 bits per heavy atom. The van der Waals surface area contributed by atoms with E-state index in [0.717, 1.165) is 13.0 Å². The predicted octanol–water partition coefficient (Wildman–Crippen LogP) is -0.116. The lowest BCUT2D eigenvalue weighted by Gasteiger charge is -2.32. The molecule has 4 nitrogen and oxygen atoms in total. The summed E-state index contributed by atoms with van der Waals surface area (Å²) in [6.45, 7) is 4.56. The van der Waals surface area contributed by atoms with Crippen LogP contribution in [0.25, 0.3) is 0 Å². The summed E-state index contributed by atoms with van der Waals surface area (Å²) in [5.41, 5.74) is 2.13. The van der Waals surface area contributed by atoms with Crippen LogP contribution in [0.1, 0.15) is 26.7 Å². The SMILES string of the molecule is CC(C)(O)CN1NCCCC1=O. The third-order valence-electron chi connectivity index (χ3n) is 1.72. The first-order chi connectivity index (χ1) is 5.49. The number of carbonyl (C=O) groups is 1. The maximum Gasteiger partial charge on any atom is 0.236 e. The molecule has 0 bridgehead atoms. The second-order valence-corrected chi connectivity index (χ2v) is 3.80. The van der Waals surface area contributed by atoms with Crippen molar-refractivity contribution < 1.29 is 9.90 Å². The highest BCUT2D eigenvalue weighted by Gasteiger charge is 2.24. The number of hydrazine groups is 1. The predicted molar refractivity (Wildman–Crippen MR) is 45.2 cm³/mol. The minimum atomic E-state index is -0.819. The van der Waals surface area contributed by atoms with Crippen molar-refractivity contribution in [2.24, 2.45) is 0 Å². The molecule has 1 heterocycles. The van der Waals surface area contributed by atoms with Crippen molar-refractivity contribution in [3.63, 3.8) is 0 Å². The number of amides is 1. The van der Waals surface area contributed by atoms with Crippen LogP contribution in [0.2, 0.25) is 0 Å². The van der Waals surface area contributed by atoms with Crippen LogP contribution in [0.15, 0.2) is 0 Å². The maximum atomic E-state index is 11.2. The van der Waals surface area contributed by atoms with Crippen molar-refractivity contribution >= 4 is 5.91 Å². The van der Waals surface area contributed by atoms with Gasteiger partial charge in [-0.25, -0.2) is 5.43 Å². The molecule has 1 amide bonds. The van der Waals surface area contributed by atoms with Crippen LogP contribution in [0, 0.1) is 0 Å². The molecular weight excluding hydrogens is 156 g/mol. The standard InChI is InChI=1S/C8H16N2O2/c1-8(2,12)6-10-7(11)4-3-5-9-10/h9,12H,3-6H2,1-2H3. The number of β-amino-alcohol motifs (C(OH)–C–C–N with tert-alkyl or cyclic N) is 1. The maximum absolute atomic E-state index is 11.2. The van der Waals surface area contributed by atoms with Gasteiger partial charge in [0, 0.05) is 13.0 Å². The van der Waals surface area contributed by atoms with Gasteiger partial charge in [-0.05, 0) is 20.3 Å². The molecule has 0 saturated carbocycles. The fraction of sp³-hybridized carbons (Fsp3) is 0.875.